The summed E-state index contributed by atoms with van der Waals surface area (Å²) in [5.74, 6) is -0.174. The lowest BCUT2D eigenvalue weighted by atomic mass is 9.94. The minimum absolute atomic E-state index is 0.0330. The number of methoxy groups -OCH3 is 1. The molecule has 1 aliphatic heterocycles. The van der Waals surface area contributed by atoms with E-state index in [1.807, 2.05) is 12.1 Å². The molecule has 0 unspecified atom stereocenters. The third-order valence-electron chi connectivity index (χ3n) is 11.8. The van der Waals surface area contributed by atoms with E-state index in [9.17, 15) is 14.4 Å². The van der Waals surface area contributed by atoms with Gasteiger partial charge in [0, 0.05) is 18.2 Å². The molecule has 2 atom stereocenters. The smallest absolute Gasteiger partial charge is 0.332 e. The van der Waals surface area contributed by atoms with Crippen molar-refractivity contribution in [3.8, 4) is 16.5 Å². The molecule has 11 nitrogen and oxygen atoms in total. The van der Waals surface area contributed by atoms with Gasteiger partial charge in [-0.2, -0.15) is 0 Å². The first-order valence-corrected chi connectivity index (χ1v) is 22.9. The van der Waals surface area contributed by atoms with E-state index in [0.717, 1.165) is 17.4 Å². The zero-order valence-electron chi connectivity index (χ0n) is 33.9. The molecule has 3 aromatic heterocycles. The van der Waals surface area contributed by atoms with E-state index in [0.29, 0.717) is 51.9 Å². The Morgan fingerprint density at radius 2 is 1.61 bits per heavy atom. The first-order chi connectivity index (χ1) is 28.4. The average Bonchev–Trinajstić information content (AvgIpc) is 4.00. The average molecular weight is 837 g/mol. The van der Waals surface area contributed by atoms with Gasteiger partial charge in [0.25, 0.3) is 13.9 Å². The summed E-state index contributed by atoms with van der Waals surface area (Å²) in [6, 6.07) is 24.5. The molecular formula is C45H49FN4O7SSi. The van der Waals surface area contributed by atoms with Crippen LogP contribution in [0.5, 0.6) is 5.75 Å². The molecule has 59 heavy (non-hydrogen) atoms. The molecule has 8 rings (SSSR count). The maximum Gasteiger partial charge on any atom is 0.332 e. The number of amides is 1. The number of carbonyl (C=O) groups excluding carboxylic acids is 1. The molecule has 0 bridgehead atoms. The Hall–Kier alpha value is -5.15. The second-order valence-electron chi connectivity index (χ2n) is 16.4. The van der Waals surface area contributed by atoms with Crippen molar-refractivity contribution in [1.29, 1.82) is 0 Å². The molecule has 2 fully saturated rings. The zero-order chi connectivity index (χ0) is 41.5. The molecule has 1 aliphatic carbocycles. The van der Waals surface area contributed by atoms with E-state index in [1.54, 1.807) is 13.0 Å². The summed E-state index contributed by atoms with van der Waals surface area (Å²) >= 11 is 1.21. The van der Waals surface area contributed by atoms with Gasteiger partial charge < -0.3 is 23.6 Å². The Bertz CT molecular complexity index is 2520. The van der Waals surface area contributed by atoms with Crippen molar-refractivity contribution in [2.24, 2.45) is 0 Å². The highest BCUT2D eigenvalue weighted by Gasteiger charge is 2.51. The molecule has 2 aliphatic rings. The first-order valence-electron chi connectivity index (χ1n) is 20.1. The number of ether oxygens (including phenoxy) is 2. The van der Waals surface area contributed by atoms with Crippen LogP contribution in [0.3, 0.4) is 0 Å². The van der Waals surface area contributed by atoms with E-state index >= 15 is 4.39 Å². The summed E-state index contributed by atoms with van der Waals surface area (Å²) in [6.45, 7) is 8.85. The summed E-state index contributed by atoms with van der Waals surface area (Å²) in [6.07, 6.45) is 4.86. The maximum atomic E-state index is 15.2. The third kappa shape index (κ3) is 7.51. The molecule has 1 saturated carbocycles. The quantitative estimate of drug-likeness (QED) is 0.130. The molecule has 3 aromatic carbocycles. The van der Waals surface area contributed by atoms with Crippen LogP contribution >= 0.6 is 11.3 Å². The molecule has 308 valence electrons. The SMILES string of the molecule is COc1ccc(F)cc1[C@H](Cn1c(=O)n([C@@H]2CCNC2=O)c(=O)c2c(C)c(-c3ncco3)sc21)O[C@H]1CC[C@@H](O[Si](c2ccccc2)(c2ccccc2)C(C)(C)C)CC1. The molecule has 1 saturated heterocycles. The third-order valence-corrected chi connectivity index (χ3v) is 18.2. The first kappa shape index (κ1) is 40.6. The Morgan fingerprint density at radius 1 is 0.949 bits per heavy atom. The topological polar surface area (TPSA) is 127 Å². The fourth-order valence-corrected chi connectivity index (χ4v) is 15.0. The van der Waals surface area contributed by atoms with E-state index in [-0.39, 0.29) is 35.6 Å². The van der Waals surface area contributed by atoms with E-state index in [1.165, 1.54) is 58.0 Å². The van der Waals surface area contributed by atoms with Gasteiger partial charge in [0.1, 0.15) is 34.8 Å². The van der Waals surface area contributed by atoms with Gasteiger partial charge in [0.05, 0.1) is 36.2 Å². The number of benzene rings is 3. The van der Waals surface area contributed by atoms with Crippen molar-refractivity contribution in [2.45, 2.75) is 95.7 Å². The van der Waals surface area contributed by atoms with Crippen LogP contribution in [0.25, 0.3) is 21.0 Å². The normalized spacial score (nSPS) is 19.2. The van der Waals surface area contributed by atoms with Crippen molar-refractivity contribution in [3.05, 3.63) is 129 Å². The number of fused-ring (bicyclic) bond motifs is 1. The number of thiophene rings is 1. The Labute approximate surface area is 346 Å². The van der Waals surface area contributed by atoms with Gasteiger partial charge in [0.2, 0.25) is 11.8 Å². The summed E-state index contributed by atoms with van der Waals surface area (Å²) in [5.41, 5.74) is -0.208. The number of nitrogens with zero attached hydrogens (tertiary/aromatic N) is 3. The highest BCUT2D eigenvalue weighted by Crippen LogP contribution is 2.41. The second-order valence-corrected chi connectivity index (χ2v) is 21.7. The fraction of sp³-hybridized carbons (Fsp3) is 0.378. The van der Waals surface area contributed by atoms with Crippen molar-refractivity contribution in [2.75, 3.05) is 13.7 Å². The van der Waals surface area contributed by atoms with Gasteiger partial charge in [-0.25, -0.2) is 18.7 Å². The second kappa shape index (κ2) is 16.5. The predicted octanol–water partition coefficient (Wildman–Crippen LogP) is 7.04. The summed E-state index contributed by atoms with van der Waals surface area (Å²) in [4.78, 5) is 47.2. The number of rotatable bonds is 12. The molecule has 1 N–H and O–H groups in total. The number of nitrogens with one attached hydrogen (secondary N) is 1. The number of hydrogen-bond donors (Lipinski definition) is 1. The minimum Gasteiger partial charge on any atom is -0.496 e. The van der Waals surface area contributed by atoms with Crippen LogP contribution in [0.4, 0.5) is 4.39 Å². The highest BCUT2D eigenvalue weighted by atomic mass is 32.1. The molecule has 0 spiro atoms. The van der Waals surface area contributed by atoms with Crippen LogP contribution in [0.15, 0.2) is 105 Å². The number of aromatic nitrogens is 3. The minimum atomic E-state index is -2.80. The van der Waals surface area contributed by atoms with Gasteiger partial charge in [0.15, 0.2) is 0 Å². The van der Waals surface area contributed by atoms with Crippen molar-refractivity contribution < 1.29 is 27.5 Å². The molecular weight excluding hydrogens is 788 g/mol. The van der Waals surface area contributed by atoms with Crippen LogP contribution in [-0.2, 0) is 20.5 Å². The number of aryl methyl sites for hydroxylation is 1. The van der Waals surface area contributed by atoms with Gasteiger partial charge in [-0.3, -0.25) is 14.2 Å². The van der Waals surface area contributed by atoms with E-state index in [4.69, 9.17) is 18.3 Å². The van der Waals surface area contributed by atoms with Crippen molar-refractivity contribution in [1.82, 2.24) is 19.4 Å². The van der Waals surface area contributed by atoms with Crippen LogP contribution in [0.1, 0.15) is 76.1 Å². The Kier molecular flexibility index (Phi) is 11.3. The number of oxazole rings is 1. The molecule has 1 amide bonds. The number of hydrogen-bond acceptors (Lipinski definition) is 9. The fourth-order valence-electron chi connectivity index (χ4n) is 8.96. The lowest BCUT2D eigenvalue weighted by molar-refractivity contribution is -0.122. The van der Waals surface area contributed by atoms with E-state index in [2.05, 4.69) is 79.6 Å². The zero-order valence-corrected chi connectivity index (χ0v) is 35.7. The molecule has 14 heteroatoms. The lowest BCUT2D eigenvalue weighted by Crippen LogP contribution is -2.67. The standard InChI is InChI=1S/C45H49FN4O7SSi/c1-28-38-42(52)50(35-22-23-47-40(35)51)44(53)49(43(38)58-39(28)41-48-24-25-55-41)27-37(34-26-29(46)16-21-36(34)54-5)56-30-17-19-31(20-18-30)57-59(45(2,3)4,32-12-8-6-9-13-32)33-14-10-7-11-15-33/h6-16,21,24-26,30-31,35,37H,17-20,22-23,27H2,1-5H3,(H,47,51)/t30-,31+,35-,37+/m1/s1. The highest BCUT2D eigenvalue weighted by molar-refractivity contribution is 7.22. The van der Waals surface area contributed by atoms with Crippen LogP contribution < -0.4 is 31.7 Å². The largest absolute Gasteiger partial charge is 0.496 e. The van der Waals surface area contributed by atoms with Gasteiger partial charge >= 0.3 is 5.69 Å². The lowest BCUT2D eigenvalue weighted by Gasteiger charge is -2.46. The Morgan fingerprint density at radius 3 is 2.19 bits per heavy atom. The van der Waals surface area contributed by atoms with Crippen LogP contribution in [0, 0.1) is 12.7 Å². The van der Waals surface area contributed by atoms with Gasteiger partial charge in [-0.1, -0.05) is 81.4 Å². The van der Waals surface area contributed by atoms with E-state index < -0.39 is 43.4 Å². The summed E-state index contributed by atoms with van der Waals surface area (Å²) in [5, 5.41) is 5.31. The molecule has 0 radical (unpaired) electrons. The van der Waals surface area contributed by atoms with Crippen molar-refractivity contribution in [3.63, 3.8) is 0 Å². The predicted molar refractivity (Wildman–Crippen MR) is 229 cm³/mol. The number of halogens is 1. The summed E-state index contributed by atoms with van der Waals surface area (Å²) < 4.78 is 43.5. The van der Waals surface area contributed by atoms with Crippen molar-refractivity contribution >= 4 is 46.2 Å². The van der Waals surface area contributed by atoms with Crippen LogP contribution in [0.2, 0.25) is 5.04 Å². The number of carbonyl (C=O) groups is 1. The molecule has 6 aromatic rings. The Balaban J connectivity index is 1.16. The van der Waals surface area contributed by atoms with Crippen LogP contribution in [-0.4, -0.2) is 54.2 Å². The van der Waals surface area contributed by atoms with Gasteiger partial charge in [-0.05, 0) is 78.2 Å². The maximum absolute atomic E-state index is 15.2. The summed E-state index contributed by atoms with van der Waals surface area (Å²) in [7, 11) is -1.29. The van der Waals surface area contributed by atoms with Gasteiger partial charge in [-0.15, -0.1) is 11.3 Å². The monoisotopic (exact) mass is 836 g/mol. The molecule has 4 heterocycles.